The van der Waals surface area contributed by atoms with Crippen LogP contribution in [0, 0.1) is 0 Å². The third kappa shape index (κ3) is 4.13. The van der Waals surface area contributed by atoms with E-state index >= 15 is 0 Å². The maximum absolute atomic E-state index is 12.0. The van der Waals surface area contributed by atoms with Crippen molar-refractivity contribution < 1.29 is 9.53 Å². The highest BCUT2D eigenvalue weighted by Crippen LogP contribution is 2.31. The summed E-state index contributed by atoms with van der Waals surface area (Å²) in [4.78, 5) is 28.6. The lowest BCUT2D eigenvalue weighted by Crippen LogP contribution is -2.26. The van der Waals surface area contributed by atoms with Crippen LogP contribution in [0.5, 0.6) is 11.5 Å². The van der Waals surface area contributed by atoms with Crippen LogP contribution in [0.15, 0.2) is 73.3 Å². The van der Waals surface area contributed by atoms with Gasteiger partial charge in [-0.15, -0.1) is 0 Å². The average molecular weight is 435 g/mol. The van der Waals surface area contributed by atoms with E-state index in [4.69, 9.17) is 4.74 Å². The Morgan fingerprint density at radius 1 is 1.00 bits per heavy atom. The van der Waals surface area contributed by atoms with Crippen LogP contribution in [0.2, 0.25) is 0 Å². The smallest absolute Gasteiger partial charge is 0.224 e. The molecule has 0 bridgehead atoms. The Hall–Kier alpha value is -4.26. The summed E-state index contributed by atoms with van der Waals surface area (Å²) in [6, 6.07) is 15.9. The molecule has 1 saturated carbocycles. The highest BCUT2D eigenvalue weighted by molar-refractivity contribution is 6.07. The minimum Gasteiger partial charge on any atom is -0.456 e. The van der Waals surface area contributed by atoms with E-state index in [2.05, 4.69) is 25.3 Å². The zero-order valence-corrected chi connectivity index (χ0v) is 17.8. The predicted molar refractivity (Wildman–Crippen MR) is 126 cm³/mol. The second-order valence-corrected chi connectivity index (χ2v) is 8.31. The van der Waals surface area contributed by atoms with Crippen molar-refractivity contribution in [2.75, 3.05) is 0 Å². The molecule has 6 rings (SSSR count). The molecule has 162 valence electrons. The summed E-state index contributed by atoms with van der Waals surface area (Å²) >= 11 is 0. The zero-order valence-electron chi connectivity index (χ0n) is 17.8. The van der Waals surface area contributed by atoms with Crippen molar-refractivity contribution in [1.82, 2.24) is 25.3 Å². The van der Waals surface area contributed by atoms with E-state index in [-0.39, 0.29) is 5.91 Å². The largest absolute Gasteiger partial charge is 0.456 e. The van der Waals surface area contributed by atoms with Gasteiger partial charge in [-0.3, -0.25) is 14.8 Å². The number of hydrogen-bond donors (Lipinski definition) is 2. The number of amides is 1. The number of H-pyrrole nitrogens is 1. The van der Waals surface area contributed by atoms with Crippen LogP contribution in [-0.2, 0) is 11.2 Å². The van der Waals surface area contributed by atoms with Gasteiger partial charge in [0.1, 0.15) is 17.1 Å². The molecule has 1 fully saturated rings. The predicted octanol–water partition coefficient (Wildman–Crippen LogP) is 4.79. The van der Waals surface area contributed by atoms with Gasteiger partial charge in [0.2, 0.25) is 5.91 Å². The number of hydrogen-bond acceptors (Lipinski definition) is 5. The summed E-state index contributed by atoms with van der Waals surface area (Å²) in [5, 5.41) is 4.99. The Morgan fingerprint density at radius 3 is 2.67 bits per heavy atom. The van der Waals surface area contributed by atoms with Gasteiger partial charge in [-0.2, -0.15) is 0 Å². The molecule has 1 aliphatic carbocycles. The first-order valence-corrected chi connectivity index (χ1v) is 11.0. The molecule has 33 heavy (non-hydrogen) atoms. The fraction of sp³-hybridized carbons (Fsp3) is 0.154. The first kappa shape index (κ1) is 19.4. The summed E-state index contributed by atoms with van der Waals surface area (Å²) in [5.41, 5.74) is 4.46. The third-order valence-electron chi connectivity index (χ3n) is 5.73. The standard InChI is InChI=1S/C26H21N5O2/c32-25(30-18-5-6-18)10-16-3-7-19(8-4-16)33-20-11-22-21-12-23(17-2-1-9-27-13-17)28-15-24(21)31-26(22)29-14-20/h1-4,7-9,11-15,18H,5-6,10H2,(H,29,31)(H,30,32). The highest BCUT2D eigenvalue weighted by atomic mass is 16.5. The quantitative estimate of drug-likeness (QED) is 0.400. The van der Waals surface area contributed by atoms with E-state index in [0.717, 1.165) is 51.6 Å². The Kier molecular flexibility index (Phi) is 4.72. The monoisotopic (exact) mass is 435 g/mol. The number of nitrogens with one attached hydrogen (secondary N) is 2. The molecular weight excluding hydrogens is 414 g/mol. The van der Waals surface area contributed by atoms with Crippen LogP contribution < -0.4 is 10.1 Å². The molecule has 4 aromatic heterocycles. The van der Waals surface area contributed by atoms with Crippen LogP contribution in [0.25, 0.3) is 33.2 Å². The number of carbonyl (C=O) groups is 1. The first-order chi connectivity index (χ1) is 16.2. The Bertz CT molecular complexity index is 1460. The molecule has 2 N–H and O–H groups in total. The van der Waals surface area contributed by atoms with Crippen molar-refractivity contribution in [2.24, 2.45) is 0 Å². The lowest BCUT2D eigenvalue weighted by molar-refractivity contribution is -0.120. The van der Waals surface area contributed by atoms with Crippen LogP contribution in [-0.4, -0.2) is 31.9 Å². The SMILES string of the molecule is O=C(Cc1ccc(Oc2cnc3[nH]c4cnc(-c5cccnc5)cc4c3c2)cc1)NC1CC1. The molecule has 1 amide bonds. The van der Waals surface area contributed by atoms with E-state index < -0.39 is 0 Å². The van der Waals surface area contributed by atoms with E-state index in [1.54, 1.807) is 18.6 Å². The molecule has 7 heteroatoms. The minimum absolute atomic E-state index is 0.0697. The van der Waals surface area contributed by atoms with Crippen molar-refractivity contribution in [3.05, 3.63) is 78.9 Å². The summed E-state index contributed by atoms with van der Waals surface area (Å²) in [6.07, 6.45) is 9.63. The summed E-state index contributed by atoms with van der Waals surface area (Å²) in [7, 11) is 0. The van der Waals surface area contributed by atoms with Crippen LogP contribution >= 0.6 is 0 Å². The van der Waals surface area contributed by atoms with Gasteiger partial charge in [0.25, 0.3) is 0 Å². The zero-order chi connectivity index (χ0) is 22.2. The maximum atomic E-state index is 12.0. The molecule has 1 aromatic carbocycles. The molecule has 0 radical (unpaired) electrons. The van der Waals surface area contributed by atoms with Gasteiger partial charge < -0.3 is 15.0 Å². The van der Waals surface area contributed by atoms with E-state index in [1.807, 2.05) is 54.7 Å². The fourth-order valence-electron chi connectivity index (χ4n) is 3.89. The normalized spacial score (nSPS) is 13.3. The number of aromatic amines is 1. The van der Waals surface area contributed by atoms with E-state index in [1.165, 1.54) is 0 Å². The molecule has 0 aliphatic heterocycles. The Labute approximate surface area is 189 Å². The fourth-order valence-corrected chi connectivity index (χ4v) is 3.89. The first-order valence-electron chi connectivity index (χ1n) is 11.0. The molecule has 0 spiro atoms. The molecule has 0 unspecified atom stereocenters. The van der Waals surface area contributed by atoms with Crippen molar-refractivity contribution >= 4 is 27.8 Å². The Balaban J connectivity index is 1.25. The lowest BCUT2D eigenvalue weighted by Gasteiger charge is -2.07. The highest BCUT2D eigenvalue weighted by Gasteiger charge is 2.23. The van der Waals surface area contributed by atoms with E-state index in [9.17, 15) is 4.79 Å². The molecular formula is C26H21N5O2. The molecule has 5 aromatic rings. The van der Waals surface area contributed by atoms with Crippen molar-refractivity contribution in [3.63, 3.8) is 0 Å². The number of nitrogens with zero attached hydrogens (tertiary/aromatic N) is 3. The van der Waals surface area contributed by atoms with Gasteiger partial charge in [-0.1, -0.05) is 12.1 Å². The number of aromatic nitrogens is 4. The van der Waals surface area contributed by atoms with Gasteiger partial charge in [0.15, 0.2) is 0 Å². The van der Waals surface area contributed by atoms with Crippen LogP contribution in [0.3, 0.4) is 0 Å². The minimum atomic E-state index is 0.0697. The molecule has 4 heterocycles. The second kappa shape index (κ2) is 8.02. The Morgan fingerprint density at radius 2 is 1.88 bits per heavy atom. The summed E-state index contributed by atoms with van der Waals surface area (Å²) < 4.78 is 6.05. The topological polar surface area (TPSA) is 92.8 Å². The third-order valence-corrected chi connectivity index (χ3v) is 5.73. The number of fused-ring (bicyclic) bond motifs is 3. The van der Waals surface area contributed by atoms with Gasteiger partial charge in [0, 0.05) is 34.8 Å². The summed E-state index contributed by atoms with van der Waals surface area (Å²) in [6.45, 7) is 0. The van der Waals surface area contributed by atoms with Gasteiger partial charge in [-0.25, -0.2) is 4.98 Å². The maximum Gasteiger partial charge on any atom is 0.224 e. The molecule has 0 saturated heterocycles. The van der Waals surface area contributed by atoms with Gasteiger partial charge in [0.05, 0.1) is 30.0 Å². The van der Waals surface area contributed by atoms with Gasteiger partial charge >= 0.3 is 0 Å². The number of benzene rings is 1. The van der Waals surface area contributed by atoms with Crippen LogP contribution in [0.1, 0.15) is 18.4 Å². The van der Waals surface area contributed by atoms with E-state index in [0.29, 0.717) is 24.0 Å². The van der Waals surface area contributed by atoms with Crippen molar-refractivity contribution in [3.8, 4) is 22.8 Å². The van der Waals surface area contributed by atoms with Crippen molar-refractivity contribution in [1.29, 1.82) is 0 Å². The number of carbonyl (C=O) groups excluding carboxylic acids is 1. The molecule has 1 aliphatic rings. The van der Waals surface area contributed by atoms with Crippen molar-refractivity contribution in [2.45, 2.75) is 25.3 Å². The van der Waals surface area contributed by atoms with Crippen LogP contribution in [0.4, 0.5) is 0 Å². The number of ether oxygens (including phenoxy) is 1. The average Bonchev–Trinajstić information content (AvgIpc) is 3.58. The molecule has 0 atom stereocenters. The number of rotatable bonds is 6. The van der Waals surface area contributed by atoms with Gasteiger partial charge in [-0.05, 0) is 54.8 Å². The second-order valence-electron chi connectivity index (χ2n) is 8.31. The summed E-state index contributed by atoms with van der Waals surface area (Å²) in [5.74, 6) is 1.41. The number of pyridine rings is 3. The lowest BCUT2D eigenvalue weighted by atomic mass is 10.1. The molecule has 7 nitrogen and oxygen atoms in total.